The lowest BCUT2D eigenvalue weighted by molar-refractivity contribution is -0.134. The Bertz CT molecular complexity index is 584. The maximum absolute atomic E-state index is 12.6. The van der Waals surface area contributed by atoms with Crippen molar-refractivity contribution in [3.8, 4) is 0 Å². The van der Waals surface area contributed by atoms with Crippen LogP contribution in [-0.2, 0) is 11.2 Å². The van der Waals surface area contributed by atoms with Gasteiger partial charge in [-0.25, -0.2) is 0 Å². The Balaban J connectivity index is 2.04. The first kappa shape index (κ1) is 18.3. The molecule has 132 valence electrons. The van der Waals surface area contributed by atoms with Crippen LogP contribution in [0, 0.1) is 0 Å². The van der Waals surface area contributed by atoms with Crippen molar-refractivity contribution in [2.24, 2.45) is 5.73 Å². The number of piperidine rings is 1. The average Bonchev–Trinajstić information content (AvgIpc) is 2.52. The molecule has 1 atom stereocenters. The smallest absolute Gasteiger partial charge is 0.370 e. The van der Waals surface area contributed by atoms with Gasteiger partial charge >= 0.3 is 6.18 Å². The first-order chi connectivity index (χ1) is 11.3. The van der Waals surface area contributed by atoms with Gasteiger partial charge in [0.25, 0.3) is 5.91 Å². The second-order valence-electron chi connectivity index (χ2n) is 6.13. The lowest BCUT2D eigenvalue weighted by Gasteiger charge is -2.35. The Hall–Kier alpha value is -2.05. The molecule has 0 radical (unpaired) electrons. The fourth-order valence-corrected chi connectivity index (χ4v) is 2.98. The van der Waals surface area contributed by atoms with E-state index in [1.807, 2.05) is 0 Å². The number of nitrogens with two attached hydrogens (primary N) is 1. The Morgan fingerprint density at radius 3 is 2.42 bits per heavy atom. The number of primary amides is 1. The van der Waals surface area contributed by atoms with E-state index in [0.29, 0.717) is 17.7 Å². The molecule has 1 fully saturated rings. The molecule has 2 amide bonds. The van der Waals surface area contributed by atoms with Crippen molar-refractivity contribution in [1.29, 1.82) is 0 Å². The lowest BCUT2D eigenvalue weighted by Crippen LogP contribution is -2.45. The minimum Gasteiger partial charge on any atom is -0.370 e. The molecule has 2 rings (SSSR count). The standard InChI is InChI=1S/C17H21F3N2O2/c18-17(19,20)9-8-12-4-6-13(7-5-12)16(24)22-10-2-1-3-14(22)11-15(21)23/h4-7,14H,1-3,8-11H2,(H2,21,23). The van der Waals surface area contributed by atoms with Crippen LogP contribution in [0.1, 0.15) is 48.0 Å². The number of likely N-dealkylation sites (tertiary alicyclic amines) is 1. The quantitative estimate of drug-likeness (QED) is 0.894. The highest BCUT2D eigenvalue weighted by molar-refractivity contribution is 5.94. The number of hydrogen-bond donors (Lipinski definition) is 1. The van der Waals surface area contributed by atoms with Gasteiger partial charge in [-0.2, -0.15) is 13.2 Å². The second-order valence-corrected chi connectivity index (χ2v) is 6.13. The largest absolute Gasteiger partial charge is 0.389 e. The monoisotopic (exact) mass is 342 g/mol. The molecule has 0 bridgehead atoms. The van der Waals surface area contributed by atoms with Crippen LogP contribution in [0.25, 0.3) is 0 Å². The first-order valence-corrected chi connectivity index (χ1v) is 8.01. The number of rotatable bonds is 5. The molecule has 24 heavy (non-hydrogen) atoms. The zero-order chi connectivity index (χ0) is 17.7. The fourth-order valence-electron chi connectivity index (χ4n) is 2.98. The molecule has 1 aromatic carbocycles. The van der Waals surface area contributed by atoms with Crippen molar-refractivity contribution < 1.29 is 22.8 Å². The van der Waals surface area contributed by atoms with Gasteiger partial charge in [-0.15, -0.1) is 0 Å². The number of hydrogen-bond acceptors (Lipinski definition) is 2. The molecular formula is C17H21F3N2O2. The molecule has 1 aliphatic rings. The summed E-state index contributed by atoms with van der Waals surface area (Å²) < 4.78 is 36.7. The number of benzene rings is 1. The van der Waals surface area contributed by atoms with E-state index in [0.717, 1.165) is 19.3 Å². The van der Waals surface area contributed by atoms with E-state index in [1.54, 1.807) is 29.2 Å². The first-order valence-electron chi connectivity index (χ1n) is 8.01. The van der Waals surface area contributed by atoms with E-state index in [4.69, 9.17) is 5.73 Å². The van der Waals surface area contributed by atoms with E-state index in [2.05, 4.69) is 0 Å². The summed E-state index contributed by atoms with van der Waals surface area (Å²) in [6, 6.07) is 5.99. The summed E-state index contributed by atoms with van der Waals surface area (Å²) in [5.74, 6) is -0.648. The minimum atomic E-state index is -4.19. The van der Waals surface area contributed by atoms with Gasteiger partial charge in [0.2, 0.25) is 5.91 Å². The summed E-state index contributed by atoms with van der Waals surface area (Å²) in [5.41, 5.74) is 6.20. The fraction of sp³-hybridized carbons (Fsp3) is 0.529. The molecule has 7 heteroatoms. The highest BCUT2D eigenvalue weighted by Crippen LogP contribution is 2.24. The van der Waals surface area contributed by atoms with Gasteiger partial charge in [-0.3, -0.25) is 9.59 Å². The van der Waals surface area contributed by atoms with E-state index in [1.165, 1.54) is 0 Å². The van der Waals surface area contributed by atoms with Crippen LogP contribution >= 0.6 is 0 Å². The predicted octanol–water partition coefficient (Wildman–Crippen LogP) is 3.05. The summed E-state index contributed by atoms with van der Waals surface area (Å²) in [7, 11) is 0. The Morgan fingerprint density at radius 1 is 1.17 bits per heavy atom. The van der Waals surface area contributed by atoms with Crippen molar-refractivity contribution in [2.75, 3.05) is 6.54 Å². The Kier molecular flexibility index (Phi) is 5.85. The zero-order valence-electron chi connectivity index (χ0n) is 13.3. The normalized spacial score (nSPS) is 18.5. The van der Waals surface area contributed by atoms with E-state index < -0.39 is 18.5 Å². The van der Waals surface area contributed by atoms with Crippen LogP contribution in [0.2, 0.25) is 0 Å². The minimum absolute atomic E-state index is 0.105. The topological polar surface area (TPSA) is 63.4 Å². The van der Waals surface area contributed by atoms with Crippen molar-refractivity contribution >= 4 is 11.8 Å². The average molecular weight is 342 g/mol. The van der Waals surface area contributed by atoms with Gasteiger partial charge in [0.1, 0.15) is 0 Å². The van der Waals surface area contributed by atoms with Crippen LogP contribution in [-0.4, -0.2) is 35.5 Å². The SMILES string of the molecule is NC(=O)CC1CCCCN1C(=O)c1ccc(CCC(F)(F)F)cc1. The molecule has 1 saturated heterocycles. The van der Waals surface area contributed by atoms with Crippen molar-refractivity contribution in [3.05, 3.63) is 35.4 Å². The molecule has 0 saturated carbocycles. The Morgan fingerprint density at radius 2 is 1.83 bits per heavy atom. The molecule has 1 aromatic rings. The number of carbonyl (C=O) groups excluding carboxylic acids is 2. The van der Waals surface area contributed by atoms with Crippen molar-refractivity contribution in [3.63, 3.8) is 0 Å². The number of carbonyl (C=O) groups is 2. The lowest BCUT2D eigenvalue weighted by atomic mass is 9.97. The molecule has 0 spiro atoms. The molecule has 2 N–H and O–H groups in total. The van der Waals surface area contributed by atoms with Gasteiger partial charge in [-0.1, -0.05) is 12.1 Å². The van der Waals surface area contributed by atoms with Crippen LogP contribution in [0.5, 0.6) is 0 Å². The summed E-state index contributed by atoms with van der Waals surface area (Å²) in [6.45, 7) is 0.562. The molecular weight excluding hydrogens is 321 g/mol. The van der Waals surface area contributed by atoms with Crippen LogP contribution in [0.3, 0.4) is 0 Å². The number of alkyl halides is 3. The van der Waals surface area contributed by atoms with E-state index in [-0.39, 0.29) is 24.8 Å². The Labute approximate surface area is 138 Å². The van der Waals surface area contributed by atoms with Gasteiger partial charge in [-0.05, 0) is 43.4 Å². The van der Waals surface area contributed by atoms with E-state index in [9.17, 15) is 22.8 Å². The van der Waals surface area contributed by atoms with Crippen LogP contribution in [0.15, 0.2) is 24.3 Å². The molecule has 0 aliphatic carbocycles. The predicted molar refractivity (Wildman–Crippen MR) is 83.3 cm³/mol. The number of amides is 2. The summed E-state index contributed by atoms with van der Waals surface area (Å²) in [5, 5.41) is 0. The third kappa shape index (κ3) is 5.25. The van der Waals surface area contributed by atoms with Gasteiger partial charge in [0.15, 0.2) is 0 Å². The van der Waals surface area contributed by atoms with Crippen LogP contribution in [0.4, 0.5) is 13.2 Å². The maximum atomic E-state index is 12.6. The second kappa shape index (κ2) is 7.68. The zero-order valence-corrected chi connectivity index (χ0v) is 13.3. The van der Waals surface area contributed by atoms with Gasteiger partial charge < -0.3 is 10.6 Å². The van der Waals surface area contributed by atoms with Crippen molar-refractivity contribution in [1.82, 2.24) is 4.90 Å². The highest BCUT2D eigenvalue weighted by atomic mass is 19.4. The van der Waals surface area contributed by atoms with E-state index >= 15 is 0 Å². The van der Waals surface area contributed by atoms with Gasteiger partial charge in [0.05, 0.1) is 0 Å². The third-order valence-electron chi connectivity index (χ3n) is 4.22. The maximum Gasteiger partial charge on any atom is 0.389 e. The summed E-state index contributed by atoms with van der Waals surface area (Å²) in [6.07, 6.45) is -2.50. The molecule has 1 heterocycles. The van der Waals surface area contributed by atoms with Crippen molar-refractivity contribution in [2.45, 2.75) is 50.7 Å². The molecule has 0 aromatic heterocycles. The molecule has 1 unspecified atom stereocenters. The number of nitrogens with zero attached hydrogens (tertiary/aromatic N) is 1. The molecule has 1 aliphatic heterocycles. The summed E-state index contributed by atoms with van der Waals surface area (Å²) in [4.78, 5) is 25.4. The highest BCUT2D eigenvalue weighted by Gasteiger charge is 2.29. The number of aryl methyl sites for hydroxylation is 1. The molecule has 4 nitrogen and oxygen atoms in total. The number of halogens is 3. The summed E-state index contributed by atoms with van der Waals surface area (Å²) >= 11 is 0. The third-order valence-corrected chi connectivity index (χ3v) is 4.22. The van der Waals surface area contributed by atoms with Gasteiger partial charge in [0, 0.05) is 31.0 Å². The van der Waals surface area contributed by atoms with Crippen LogP contribution < -0.4 is 5.73 Å².